The van der Waals surface area contributed by atoms with E-state index in [1.165, 1.54) is 16.8 Å². The summed E-state index contributed by atoms with van der Waals surface area (Å²) in [6, 6.07) is 12.4. The molecule has 0 spiro atoms. The van der Waals surface area contributed by atoms with Crippen molar-refractivity contribution in [2.75, 3.05) is 13.1 Å². The normalized spacial score (nSPS) is 16.1. The summed E-state index contributed by atoms with van der Waals surface area (Å²) >= 11 is 6.08. The maximum absolute atomic E-state index is 6.08. The number of nitrogens with zero attached hydrogens (tertiary/aromatic N) is 3. The molecule has 3 heterocycles. The Bertz CT molecular complexity index is 818. The Balaban J connectivity index is 1.46. The zero-order chi connectivity index (χ0) is 15.1. The summed E-state index contributed by atoms with van der Waals surface area (Å²) in [6.45, 7) is 5.22. The van der Waals surface area contributed by atoms with Crippen LogP contribution >= 0.6 is 11.6 Å². The van der Waals surface area contributed by atoms with Crippen molar-refractivity contribution in [3.05, 3.63) is 70.6 Å². The predicted octanol–water partition coefficient (Wildman–Crippen LogP) is 3.90. The number of aryl methyl sites for hydroxylation is 1. The van der Waals surface area contributed by atoms with Crippen molar-refractivity contribution < 1.29 is 0 Å². The molecule has 4 heteroatoms. The fourth-order valence-electron chi connectivity index (χ4n) is 3.15. The minimum atomic E-state index is 0.597. The number of hydrogen-bond donors (Lipinski definition) is 0. The molecule has 1 aliphatic heterocycles. The predicted molar refractivity (Wildman–Crippen MR) is 89.4 cm³/mol. The van der Waals surface area contributed by atoms with Gasteiger partial charge in [-0.05, 0) is 36.2 Å². The quantitative estimate of drug-likeness (QED) is 0.731. The lowest BCUT2D eigenvalue weighted by Crippen LogP contribution is -2.44. The van der Waals surface area contributed by atoms with Crippen LogP contribution in [-0.2, 0) is 6.54 Å². The van der Waals surface area contributed by atoms with Crippen LogP contribution in [0.15, 0.2) is 48.8 Å². The van der Waals surface area contributed by atoms with E-state index in [0.717, 1.165) is 30.3 Å². The molecule has 0 saturated carbocycles. The lowest BCUT2D eigenvalue weighted by Gasteiger charge is -2.39. The molecule has 1 aliphatic rings. The summed E-state index contributed by atoms with van der Waals surface area (Å²) in [7, 11) is 0. The Morgan fingerprint density at radius 1 is 1.23 bits per heavy atom. The number of likely N-dealkylation sites (tertiary alicyclic amines) is 1. The number of pyridine rings is 1. The summed E-state index contributed by atoms with van der Waals surface area (Å²) in [5.41, 5.74) is 4.88. The van der Waals surface area contributed by atoms with E-state index in [1.54, 1.807) is 0 Å². The van der Waals surface area contributed by atoms with Gasteiger partial charge in [-0.3, -0.25) is 4.90 Å². The standard InChI is InChI=1S/C18H18ClN3/c1-13-5-6-18-20-8-17(22(18)9-13)12-21-10-15(11-21)14-3-2-4-16(19)7-14/h2-9,15H,10-12H2,1H3. The van der Waals surface area contributed by atoms with Gasteiger partial charge in [0.25, 0.3) is 0 Å². The van der Waals surface area contributed by atoms with Gasteiger partial charge < -0.3 is 4.40 Å². The van der Waals surface area contributed by atoms with Crippen molar-refractivity contribution in [2.24, 2.45) is 0 Å². The van der Waals surface area contributed by atoms with Crippen molar-refractivity contribution in [3.63, 3.8) is 0 Å². The highest BCUT2D eigenvalue weighted by Gasteiger charge is 2.28. The third kappa shape index (κ3) is 2.51. The Hall–Kier alpha value is -1.84. The highest BCUT2D eigenvalue weighted by Crippen LogP contribution is 2.29. The third-order valence-electron chi connectivity index (χ3n) is 4.39. The average Bonchev–Trinajstić information content (AvgIpc) is 2.84. The molecular weight excluding hydrogens is 294 g/mol. The number of aromatic nitrogens is 2. The first kappa shape index (κ1) is 13.8. The van der Waals surface area contributed by atoms with Crippen molar-refractivity contribution in [1.82, 2.24) is 14.3 Å². The van der Waals surface area contributed by atoms with Gasteiger partial charge in [0, 0.05) is 36.8 Å². The van der Waals surface area contributed by atoms with Crippen molar-refractivity contribution in [3.8, 4) is 0 Å². The highest BCUT2D eigenvalue weighted by molar-refractivity contribution is 6.30. The molecule has 0 N–H and O–H groups in total. The van der Waals surface area contributed by atoms with E-state index in [-0.39, 0.29) is 0 Å². The molecule has 0 unspecified atom stereocenters. The molecule has 3 aromatic rings. The van der Waals surface area contributed by atoms with Gasteiger partial charge in [-0.15, -0.1) is 0 Å². The lowest BCUT2D eigenvalue weighted by molar-refractivity contribution is 0.137. The first-order valence-corrected chi connectivity index (χ1v) is 7.97. The van der Waals surface area contributed by atoms with E-state index in [1.807, 2.05) is 18.3 Å². The van der Waals surface area contributed by atoms with Crippen LogP contribution in [0.4, 0.5) is 0 Å². The van der Waals surface area contributed by atoms with Crippen LogP contribution in [0.3, 0.4) is 0 Å². The van der Waals surface area contributed by atoms with Crippen LogP contribution in [0.25, 0.3) is 5.65 Å². The fraction of sp³-hybridized carbons (Fsp3) is 0.278. The number of benzene rings is 1. The van der Waals surface area contributed by atoms with Crippen LogP contribution in [-0.4, -0.2) is 27.4 Å². The zero-order valence-electron chi connectivity index (χ0n) is 12.5. The molecule has 0 radical (unpaired) electrons. The van der Waals surface area contributed by atoms with Crippen molar-refractivity contribution >= 4 is 17.2 Å². The first-order chi connectivity index (χ1) is 10.7. The summed E-state index contributed by atoms with van der Waals surface area (Å²) in [5, 5.41) is 0.827. The van der Waals surface area contributed by atoms with Crippen molar-refractivity contribution in [1.29, 1.82) is 0 Å². The summed E-state index contributed by atoms with van der Waals surface area (Å²) in [6.07, 6.45) is 4.15. The molecule has 1 saturated heterocycles. The Morgan fingerprint density at radius 3 is 2.91 bits per heavy atom. The first-order valence-electron chi connectivity index (χ1n) is 7.59. The molecule has 22 heavy (non-hydrogen) atoms. The minimum Gasteiger partial charge on any atom is -0.303 e. The van der Waals surface area contributed by atoms with Crippen LogP contribution in [0.2, 0.25) is 5.02 Å². The zero-order valence-corrected chi connectivity index (χ0v) is 13.3. The van der Waals surface area contributed by atoms with Crippen LogP contribution in [0.1, 0.15) is 22.7 Å². The van der Waals surface area contributed by atoms with E-state index in [9.17, 15) is 0 Å². The molecular formula is C18H18ClN3. The van der Waals surface area contributed by atoms with Gasteiger partial charge in [-0.1, -0.05) is 29.8 Å². The van der Waals surface area contributed by atoms with E-state index < -0.39 is 0 Å². The highest BCUT2D eigenvalue weighted by atomic mass is 35.5. The SMILES string of the molecule is Cc1ccc2ncc(CN3CC(c4cccc(Cl)c4)C3)n2c1. The second kappa shape index (κ2) is 5.41. The molecule has 1 fully saturated rings. The van der Waals surface area contributed by atoms with Gasteiger partial charge in [0.2, 0.25) is 0 Å². The number of rotatable bonds is 3. The Morgan fingerprint density at radius 2 is 2.09 bits per heavy atom. The summed E-state index contributed by atoms with van der Waals surface area (Å²) in [4.78, 5) is 6.93. The topological polar surface area (TPSA) is 20.5 Å². The van der Waals surface area contributed by atoms with Crippen LogP contribution in [0.5, 0.6) is 0 Å². The Labute approximate surface area is 135 Å². The second-order valence-electron chi connectivity index (χ2n) is 6.13. The molecule has 1 aromatic carbocycles. The minimum absolute atomic E-state index is 0.597. The molecule has 0 amide bonds. The van der Waals surface area contributed by atoms with Gasteiger partial charge in [-0.25, -0.2) is 4.98 Å². The third-order valence-corrected chi connectivity index (χ3v) is 4.63. The molecule has 0 aliphatic carbocycles. The number of hydrogen-bond acceptors (Lipinski definition) is 2. The fourth-order valence-corrected chi connectivity index (χ4v) is 3.35. The molecule has 2 aromatic heterocycles. The number of halogens is 1. The molecule has 112 valence electrons. The van der Waals surface area contributed by atoms with Crippen LogP contribution < -0.4 is 0 Å². The van der Waals surface area contributed by atoms with Gasteiger partial charge in [-0.2, -0.15) is 0 Å². The molecule has 4 rings (SSSR count). The molecule has 0 atom stereocenters. The van der Waals surface area contributed by atoms with Crippen LogP contribution in [0, 0.1) is 6.92 Å². The summed E-state index contributed by atoms with van der Waals surface area (Å²) < 4.78 is 2.20. The van der Waals surface area contributed by atoms with Crippen molar-refractivity contribution in [2.45, 2.75) is 19.4 Å². The number of imidazole rings is 1. The molecule has 0 bridgehead atoms. The van der Waals surface area contributed by atoms with Gasteiger partial charge in [0.1, 0.15) is 5.65 Å². The van der Waals surface area contributed by atoms with Gasteiger partial charge >= 0.3 is 0 Å². The summed E-state index contributed by atoms with van der Waals surface area (Å²) in [5.74, 6) is 0.597. The smallest absolute Gasteiger partial charge is 0.136 e. The largest absolute Gasteiger partial charge is 0.303 e. The monoisotopic (exact) mass is 311 g/mol. The average molecular weight is 312 g/mol. The van der Waals surface area contributed by atoms with E-state index in [0.29, 0.717) is 5.92 Å². The van der Waals surface area contributed by atoms with E-state index in [4.69, 9.17) is 11.6 Å². The van der Waals surface area contributed by atoms with Gasteiger partial charge in [0.15, 0.2) is 0 Å². The van der Waals surface area contributed by atoms with E-state index >= 15 is 0 Å². The maximum Gasteiger partial charge on any atom is 0.136 e. The molecule has 3 nitrogen and oxygen atoms in total. The second-order valence-corrected chi connectivity index (χ2v) is 6.57. The maximum atomic E-state index is 6.08. The van der Waals surface area contributed by atoms with E-state index in [2.05, 4.69) is 51.7 Å². The lowest BCUT2D eigenvalue weighted by atomic mass is 9.91. The Kier molecular flexibility index (Phi) is 3.40. The van der Waals surface area contributed by atoms with Gasteiger partial charge in [0.05, 0.1) is 11.9 Å². The number of fused-ring (bicyclic) bond motifs is 1.